The number of hydrogen-bond acceptors (Lipinski definition) is 4. The molecule has 5 nitrogen and oxygen atoms in total. The first-order valence-corrected chi connectivity index (χ1v) is 10.8. The van der Waals surface area contributed by atoms with Crippen molar-refractivity contribution >= 4 is 10.9 Å². The molecule has 5 rings (SSSR count). The number of rotatable bonds is 7. The number of ether oxygens (including phenoxy) is 1. The Balaban J connectivity index is 1.22. The molecule has 1 saturated heterocycles. The number of hydrogen-bond donors (Lipinski definition) is 1. The zero-order valence-corrected chi connectivity index (χ0v) is 17.3. The lowest BCUT2D eigenvalue weighted by Gasteiger charge is -2.23. The lowest BCUT2D eigenvalue weighted by atomic mass is 10.1. The Labute approximate surface area is 180 Å². The highest BCUT2D eigenvalue weighted by molar-refractivity contribution is 5.78. The number of benzene rings is 2. The van der Waals surface area contributed by atoms with Crippen LogP contribution >= 0.6 is 0 Å². The fourth-order valence-electron chi connectivity index (χ4n) is 4.32. The minimum absolute atomic E-state index is 0.287. The Morgan fingerprint density at radius 1 is 1.10 bits per heavy atom. The number of likely N-dealkylation sites (tertiary alicyclic amines) is 1. The predicted octanol–water partition coefficient (Wildman–Crippen LogP) is 5.06. The molecule has 0 amide bonds. The summed E-state index contributed by atoms with van der Waals surface area (Å²) in [5, 5.41) is 8.88. The van der Waals surface area contributed by atoms with Crippen LogP contribution in [0.1, 0.15) is 35.8 Å². The number of halogens is 1. The summed E-state index contributed by atoms with van der Waals surface area (Å²) in [6.45, 7) is 2.37. The standard InChI is InChI=1S/C25H25FN4O/c26-21-6-1-2-8-25(21)31-14-11-20-16-23(29-28-20)24-7-4-13-30(24)17-18-9-10-22-19(15-18)5-3-12-27-22/h1-3,5-6,8-10,12,15-16,24H,4,7,11,13-14,17H2,(H,28,29). The van der Waals surface area contributed by atoms with Crippen LogP contribution in [-0.2, 0) is 13.0 Å². The third-order valence-corrected chi connectivity index (χ3v) is 5.87. The van der Waals surface area contributed by atoms with Crippen molar-refractivity contribution in [3.63, 3.8) is 0 Å². The van der Waals surface area contributed by atoms with Crippen molar-refractivity contribution in [3.05, 3.63) is 89.6 Å². The molecule has 0 bridgehead atoms. The molecule has 3 heterocycles. The lowest BCUT2D eigenvalue weighted by Crippen LogP contribution is -2.23. The molecule has 1 atom stereocenters. The van der Waals surface area contributed by atoms with Gasteiger partial charge in [-0.15, -0.1) is 0 Å². The molecular weight excluding hydrogens is 391 g/mol. The van der Waals surface area contributed by atoms with E-state index in [2.05, 4.69) is 50.4 Å². The number of para-hydroxylation sites is 1. The first-order chi connectivity index (χ1) is 15.3. The maximum Gasteiger partial charge on any atom is 0.165 e. The SMILES string of the molecule is Fc1ccccc1OCCc1cc(C2CCCN2Cc2ccc3ncccc3c2)n[nH]1. The molecule has 0 saturated carbocycles. The third kappa shape index (κ3) is 4.44. The first kappa shape index (κ1) is 19.7. The van der Waals surface area contributed by atoms with Crippen LogP contribution in [0.15, 0.2) is 66.9 Å². The van der Waals surface area contributed by atoms with Crippen molar-refractivity contribution in [1.29, 1.82) is 0 Å². The van der Waals surface area contributed by atoms with E-state index in [0.717, 1.165) is 36.4 Å². The summed E-state index contributed by atoms with van der Waals surface area (Å²) < 4.78 is 19.3. The third-order valence-electron chi connectivity index (χ3n) is 5.87. The molecular formula is C25H25FN4O. The number of aromatic amines is 1. The molecule has 2 aromatic heterocycles. The number of fused-ring (bicyclic) bond motifs is 1. The molecule has 1 aliphatic heterocycles. The van der Waals surface area contributed by atoms with Crippen LogP contribution in [0.25, 0.3) is 10.9 Å². The molecule has 6 heteroatoms. The van der Waals surface area contributed by atoms with Crippen LogP contribution in [0, 0.1) is 5.82 Å². The van der Waals surface area contributed by atoms with E-state index in [9.17, 15) is 4.39 Å². The second-order valence-electron chi connectivity index (χ2n) is 8.01. The average Bonchev–Trinajstić information content (AvgIpc) is 3.44. The van der Waals surface area contributed by atoms with Gasteiger partial charge in [0.1, 0.15) is 0 Å². The largest absolute Gasteiger partial charge is 0.490 e. The fourth-order valence-corrected chi connectivity index (χ4v) is 4.32. The van der Waals surface area contributed by atoms with Crippen molar-refractivity contribution in [2.75, 3.05) is 13.2 Å². The van der Waals surface area contributed by atoms with Gasteiger partial charge in [-0.2, -0.15) is 5.10 Å². The summed E-state index contributed by atoms with van der Waals surface area (Å²) in [6.07, 6.45) is 4.75. The molecule has 31 heavy (non-hydrogen) atoms. The Kier molecular flexibility index (Phi) is 5.63. The Bertz CT molecular complexity index is 1170. The average molecular weight is 417 g/mol. The van der Waals surface area contributed by atoms with Crippen molar-refractivity contribution < 1.29 is 9.13 Å². The van der Waals surface area contributed by atoms with Crippen LogP contribution < -0.4 is 4.74 Å². The maximum absolute atomic E-state index is 13.7. The highest BCUT2D eigenvalue weighted by atomic mass is 19.1. The zero-order valence-electron chi connectivity index (χ0n) is 17.3. The van der Waals surface area contributed by atoms with Gasteiger partial charge in [-0.05, 0) is 61.3 Å². The number of nitrogens with one attached hydrogen (secondary N) is 1. The monoisotopic (exact) mass is 416 g/mol. The van der Waals surface area contributed by atoms with E-state index < -0.39 is 0 Å². The Hall–Kier alpha value is -3.25. The minimum atomic E-state index is -0.334. The van der Waals surface area contributed by atoms with Crippen LogP contribution in [0.5, 0.6) is 5.75 Å². The molecule has 4 aromatic rings. The highest BCUT2D eigenvalue weighted by Gasteiger charge is 2.28. The Morgan fingerprint density at radius 3 is 2.97 bits per heavy atom. The van der Waals surface area contributed by atoms with Gasteiger partial charge >= 0.3 is 0 Å². The summed E-state index contributed by atoms with van der Waals surface area (Å²) in [6, 6.07) is 19.5. The van der Waals surface area contributed by atoms with Crippen molar-refractivity contribution in [2.24, 2.45) is 0 Å². The molecule has 1 fully saturated rings. The van der Waals surface area contributed by atoms with Gasteiger partial charge in [-0.3, -0.25) is 15.0 Å². The quantitative estimate of drug-likeness (QED) is 0.458. The molecule has 2 aromatic carbocycles. The minimum Gasteiger partial charge on any atom is -0.490 e. The number of nitrogens with zero attached hydrogens (tertiary/aromatic N) is 3. The number of aromatic nitrogens is 3. The Morgan fingerprint density at radius 2 is 2.03 bits per heavy atom. The lowest BCUT2D eigenvalue weighted by molar-refractivity contribution is 0.244. The van der Waals surface area contributed by atoms with Crippen molar-refractivity contribution in [1.82, 2.24) is 20.1 Å². The second-order valence-corrected chi connectivity index (χ2v) is 8.01. The molecule has 1 unspecified atom stereocenters. The molecule has 0 aliphatic carbocycles. The summed E-state index contributed by atoms with van der Waals surface area (Å²) in [7, 11) is 0. The van der Waals surface area contributed by atoms with E-state index >= 15 is 0 Å². The van der Waals surface area contributed by atoms with E-state index in [1.54, 1.807) is 18.2 Å². The molecule has 0 radical (unpaired) electrons. The van der Waals surface area contributed by atoms with Crippen molar-refractivity contribution in [2.45, 2.75) is 31.8 Å². The van der Waals surface area contributed by atoms with Gasteiger partial charge in [0.05, 0.1) is 23.9 Å². The highest BCUT2D eigenvalue weighted by Crippen LogP contribution is 2.32. The van der Waals surface area contributed by atoms with E-state index in [1.165, 1.54) is 23.4 Å². The fraction of sp³-hybridized carbons (Fsp3) is 0.280. The van der Waals surface area contributed by atoms with Gasteiger partial charge in [-0.25, -0.2) is 4.39 Å². The molecule has 0 spiro atoms. The van der Waals surface area contributed by atoms with E-state index in [0.29, 0.717) is 19.1 Å². The normalized spacial score (nSPS) is 16.7. The van der Waals surface area contributed by atoms with Crippen LogP contribution in [0.2, 0.25) is 0 Å². The predicted molar refractivity (Wildman–Crippen MR) is 118 cm³/mol. The second kappa shape index (κ2) is 8.86. The van der Waals surface area contributed by atoms with Gasteiger partial charge < -0.3 is 4.74 Å². The van der Waals surface area contributed by atoms with Gasteiger partial charge in [0.15, 0.2) is 11.6 Å². The van der Waals surface area contributed by atoms with E-state index in [1.807, 2.05) is 12.3 Å². The van der Waals surface area contributed by atoms with Crippen LogP contribution in [0.3, 0.4) is 0 Å². The molecule has 1 N–H and O–H groups in total. The van der Waals surface area contributed by atoms with Gasteiger partial charge in [0.25, 0.3) is 0 Å². The summed E-state index contributed by atoms with van der Waals surface area (Å²) >= 11 is 0. The van der Waals surface area contributed by atoms with E-state index in [-0.39, 0.29) is 11.6 Å². The van der Waals surface area contributed by atoms with Crippen LogP contribution in [-0.4, -0.2) is 33.2 Å². The summed E-state index contributed by atoms with van der Waals surface area (Å²) in [5.74, 6) is -0.0475. The first-order valence-electron chi connectivity index (χ1n) is 10.8. The van der Waals surface area contributed by atoms with Crippen LogP contribution in [0.4, 0.5) is 4.39 Å². The summed E-state index contributed by atoms with van der Waals surface area (Å²) in [5.41, 5.74) is 4.40. The molecule has 1 aliphatic rings. The zero-order chi connectivity index (χ0) is 21.0. The van der Waals surface area contributed by atoms with Gasteiger partial charge in [0.2, 0.25) is 0 Å². The smallest absolute Gasteiger partial charge is 0.165 e. The number of H-pyrrole nitrogens is 1. The van der Waals surface area contributed by atoms with Crippen molar-refractivity contribution in [3.8, 4) is 5.75 Å². The molecule has 158 valence electrons. The van der Waals surface area contributed by atoms with Gasteiger partial charge in [-0.1, -0.05) is 24.3 Å². The number of pyridine rings is 1. The maximum atomic E-state index is 13.7. The van der Waals surface area contributed by atoms with Gasteiger partial charge in [0, 0.05) is 30.2 Å². The topological polar surface area (TPSA) is 54.0 Å². The summed E-state index contributed by atoms with van der Waals surface area (Å²) in [4.78, 5) is 6.90. The van der Waals surface area contributed by atoms with E-state index in [4.69, 9.17) is 4.74 Å².